The monoisotopic (exact) mass is 1240 g/mol. The Bertz CT molecular complexity index is 4020. The number of unbranched alkanes of at least 4 members (excludes halogenated alkanes) is 2. The highest BCUT2D eigenvalue weighted by atomic mass is 35.5. The second-order valence-corrected chi connectivity index (χ2v) is 25.3. The first-order valence-corrected chi connectivity index (χ1v) is 31.9. The lowest BCUT2D eigenvalue weighted by Crippen LogP contribution is -2.52. The van der Waals surface area contributed by atoms with E-state index in [1.165, 1.54) is 24.4 Å². The van der Waals surface area contributed by atoms with Crippen molar-refractivity contribution in [1.82, 2.24) is 34.7 Å². The number of rotatable bonds is 21. The van der Waals surface area contributed by atoms with Crippen molar-refractivity contribution in [2.45, 2.75) is 69.0 Å². The minimum absolute atomic E-state index is 0.0779. The maximum absolute atomic E-state index is 14.1. The Morgan fingerprint density at radius 1 is 0.865 bits per heavy atom. The van der Waals surface area contributed by atoms with Crippen LogP contribution in [0.15, 0.2) is 126 Å². The zero-order chi connectivity index (χ0) is 61.6. The van der Waals surface area contributed by atoms with Gasteiger partial charge in [0.2, 0.25) is 11.8 Å². The number of amides is 4. The highest BCUT2D eigenvalue weighted by molar-refractivity contribution is 7.90. The third kappa shape index (κ3) is 14.0. The lowest BCUT2D eigenvalue weighted by molar-refractivity contribution is -0.384. The molecule has 460 valence electrons. The number of imide groups is 1. The van der Waals surface area contributed by atoms with Crippen molar-refractivity contribution in [1.29, 1.82) is 0 Å². The number of anilines is 2. The van der Waals surface area contributed by atoms with Crippen LogP contribution < -0.4 is 29.7 Å². The summed E-state index contributed by atoms with van der Waals surface area (Å²) in [6, 6.07) is 31.0. The Hall–Kier alpha value is -8.85. The molecule has 4 N–H and O–H groups in total. The number of benzene rings is 5. The number of carbonyl (C=O) groups excluding carboxylic acids is 4. The Labute approximate surface area is 520 Å². The fourth-order valence-corrected chi connectivity index (χ4v) is 13.3. The van der Waals surface area contributed by atoms with Crippen molar-refractivity contribution in [2.75, 3.05) is 82.4 Å². The summed E-state index contributed by atoms with van der Waals surface area (Å²) < 4.78 is 48.4. The standard InChI is InChI=1S/C66H67ClN10O11S/c67-48-14-12-46(13-15-48)52-9-6-11-60(87-42-44-38-74(39-44)26-4-2-1-3-7-45-8-5-10-53-55(45)41-76(66(53)81)58-20-21-62(78)71-65(58)80)56(52)40-73-27-29-75(30-28-73)49-16-18-54(61(34-49)88-50-33-47-22-25-68-63(47)70-37-50)64(79)72-89(84,85)51-17-19-57(59(35-51)77(82)83)69-36-43-23-31-86-32-24-43/h5-6,8-19,22,25,33-35,37,43-44,58,69H,1-2,4,20-21,23-24,26-32,36,38-42H2,(H,68,70)(H,72,79)(H,71,78,80). The van der Waals surface area contributed by atoms with E-state index in [9.17, 15) is 37.7 Å². The van der Waals surface area contributed by atoms with Crippen LogP contribution in [0.5, 0.6) is 17.2 Å². The second-order valence-electron chi connectivity index (χ2n) is 23.2. The van der Waals surface area contributed by atoms with E-state index in [0.29, 0.717) is 106 Å². The molecule has 5 aromatic carbocycles. The van der Waals surface area contributed by atoms with Crippen LogP contribution in [0.2, 0.25) is 5.02 Å². The van der Waals surface area contributed by atoms with Gasteiger partial charge in [-0.05, 0) is 128 Å². The van der Waals surface area contributed by atoms with Gasteiger partial charge < -0.3 is 39.2 Å². The molecule has 1 unspecified atom stereocenters. The lowest BCUT2D eigenvalue weighted by atomic mass is 9.97. The number of piperazine rings is 1. The molecular weight excluding hydrogens is 1180 g/mol. The summed E-state index contributed by atoms with van der Waals surface area (Å²) in [6.45, 7) is 8.56. The number of aromatic amines is 1. The van der Waals surface area contributed by atoms with Gasteiger partial charge in [-0.1, -0.05) is 53.8 Å². The van der Waals surface area contributed by atoms with Crippen LogP contribution in [0.3, 0.4) is 0 Å². The zero-order valence-corrected chi connectivity index (χ0v) is 50.5. The van der Waals surface area contributed by atoms with Crippen LogP contribution >= 0.6 is 11.6 Å². The van der Waals surface area contributed by atoms with Gasteiger partial charge in [0.15, 0.2) is 0 Å². The van der Waals surface area contributed by atoms with Crippen molar-refractivity contribution in [3.63, 3.8) is 0 Å². The number of piperidine rings is 1. The van der Waals surface area contributed by atoms with E-state index >= 15 is 0 Å². The van der Waals surface area contributed by atoms with Gasteiger partial charge in [-0.25, -0.2) is 18.1 Å². The van der Waals surface area contributed by atoms with E-state index in [4.69, 9.17) is 25.8 Å². The molecule has 7 heterocycles. The van der Waals surface area contributed by atoms with Gasteiger partial charge in [0, 0.05) is 142 Å². The van der Waals surface area contributed by atoms with E-state index in [1.807, 2.05) is 54.6 Å². The molecule has 4 fully saturated rings. The van der Waals surface area contributed by atoms with Gasteiger partial charge in [0.1, 0.15) is 34.6 Å². The summed E-state index contributed by atoms with van der Waals surface area (Å²) in [4.78, 5) is 78.9. The third-order valence-corrected chi connectivity index (χ3v) is 18.8. The van der Waals surface area contributed by atoms with E-state index < -0.39 is 43.4 Å². The van der Waals surface area contributed by atoms with Gasteiger partial charge >= 0.3 is 0 Å². The number of nitro groups is 1. The molecule has 0 saturated carbocycles. The number of nitro benzene ring substituents is 1. The number of carbonyl (C=O) groups is 4. The Balaban J connectivity index is 0.668. The summed E-state index contributed by atoms with van der Waals surface area (Å²) in [5.74, 6) is 6.49. The molecule has 2 aromatic heterocycles. The minimum atomic E-state index is -4.62. The molecule has 5 aliphatic rings. The molecule has 0 radical (unpaired) electrons. The number of H-pyrrole nitrogens is 1. The normalized spacial score (nSPS) is 17.6. The summed E-state index contributed by atoms with van der Waals surface area (Å²) in [6.07, 6.45) is 8.02. The predicted molar refractivity (Wildman–Crippen MR) is 335 cm³/mol. The van der Waals surface area contributed by atoms with Crippen molar-refractivity contribution < 1.29 is 46.7 Å². The predicted octanol–water partition coefficient (Wildman–Crippen LogP) is 9.16. The average Bonchev–Trinajstić information content (AvgIpc) is 2.13. The van der Waals surface area contributed by atoms with E-state index in [1.54, 1.807) is 35.4 Å². The van der Waals surface area contributed by atoms with Gasteiger partial charge in [0.25, 0.3) is 27.5 Å². The second kappa shape index (κ2) is 26.9. The van der Waals surface area contributed by atoms with Crippen LogP contribution in [-0.4, -0.2) is 140 Å². The molecule has 0 aliphatic carbocycles. The van der Waals surface area contributed by atoms with Crippen LogP contribution in [0.4, 0.5) is 17.1 Å². The average molecular weight is 1240 g/mol. The van der Waals surface area contributed by atoms with Crippen molar-refractivity contribution >= 4 is 73.3 Å². The van der Waals surface area contributed by atoms with E-state index in [0.717, 1.165) is 96.0 Å². The lowest BCUT2D eigenvalue weighted by Gasteiger charge is -2.39. The first kappa shape index (κ1) is 60.4. The molecule has 0 spiro atoms. The van der Waals surface area contributed by atoms with E-state index in [-0.39, 0.29) is 41.2 Å². The molecule has 5 aliphatic heterocycles. The fourth-order valence-electron chi connectivity index (χ4n) is 12.2. The number of halogens is 1. The fraction of sp³-hybridized carbons (Fsp3) is 0.348. The van der Waals surface area contributed by atoms with Crippen LogP contribution in [0.1, 0.15) is 82.4 Å². The molecule has 12 rings (SSSR count). The molecule has 7 aromatic rings. The summed E-state index contributed by atoms with van der Waals surface area (Å²) >= 11 is 6.37. The van der Waals surface area contributed by atoms with Crippen molar-refractivity contribution in [3.05, 3.63) is 165 Å². The Morgan fingerprint density at radius 3 is 2.46 bits per heavy atom. The number of pyridine rings is 1. The van der Waals surface area contributed by atoms with Crippen LogP contribution in [-0.2, 0) is 37.4 Å². The van der Waals surface area contributed by atoms with Crippen molar-refractivity contribution in [2.24, 2.45) is 11.8 Å². The topological polar surface area (TPSA) is 251 Å². The summed E-state index contributed by atoms with van der Waals surface area (Å²) in [5.41, 5.74) is 6.37. The highest BCUT2D eigenvalue weighted by Crippen LogP contribution is 2.37. The Kier molecular flexibility index (Phi) is 18.2. The number of fused-ring (bicyclic) bond motifs is 2. The smallest absolute Gasteiger partial charge is 0.293 e. The zero-order valence-electron chi connectivity index (χ0n) is 48.9. The van der Waals surface area contributed by atoms with Crippen LogP contribution in [0, 0.1) is 33.8 Å². The van der Waals surface area contributed by atoms with Crippen LogP contribution in [0.25, 0.3) is 22.2 Å². The first-order chi connectivity index (χ1) is 43.2. The number of ether oxygens (including phenoxy) is 3. The molecule has 21 nitrogen and oxygen atoms in total. The van der Waals surface area contributed by atoms with Crippen molar-refractivity contribution in [3.8, 4) is 40.2 Å². The maximum atomic E-state index is 14.1. The Morgan fingerprint density at radius 2 is 1.66 bits per heavy atom. The molecular formula is C66H67ClN10O11S. The SMILES string of the molecule is O=C1CCC(N2Cc3c(C#CCCCCN4CC(COc5cccc(-c6ccc(Cl)cc6)c5CN5CCN(c6ccc(C(=O)NS(=O)(=O)c7ccc(NCC8CCOCC8)c([N+](=O)[O-])c7)c(Oc7cnc8[nH]ccc8c7)c6)CC5)C4)cccc3C2=O)C(=O)N1. The minimum Gasteiger partial charge on any atom is -0.493 e. The number of nitrogens with one attached hydrogen (secondary N) is 4. The summed E-state index contributed by atoms with van der Waals surface area (Å²) in [7, 11) is -4.62. The van der Waals surface area contributed by atoms with Gasteiger partial charge in [-0.3, -0.25) is 39.5 Å². The van der Waals surface area contributed by atoms with Gasteiger partial charge in [0.05, 0.1) is 28.2 Å². The quantitative estimate of drug-likeness (QED) is 0.0172. The number of aromatic nitrogens is 2. The summed E-state index contributed by atoms with van der Waals surface area (Å²) in [5, 5.41) is 19.1. The van der Waals surface area contributed by atoms with E-state index in [2.05, 4.69) is 57.9 Å². The first-order valence-electron chi connectivity index (χ1n) is 30.1. The number of likely N-dealkylation sites (tertiary alicyclic amines) is 1. The molecule has 4 amide bonds. The highest BCUT2D eigenvalue weighted by Gasteiger charge is 2.40. The molecule has 89 heavy (non-hydrogen) atoms. The molecule has 0 bridgehead atoms. The molecule has 23 heteroatoms. The number of hydrogen-bond acceptors (Lipinski definition) is 16. The molecule has 4 saturated heterocycles. The molecule has 1 atom stereocenters. The number of hydrogen-bond donors (Lipinski definition) is 4. The largest absolute Gasteiger partial charge is 0.493 e. The third-order valence-electron chi connectivity index (χ3n) is 17.2. The van der Waals surface area contributed by atoms with Gasteiger partial charge in [-0.2, -0.15) is 0 Å². The maximum Gasteiger partial charge on any atom is 0.293 e. The number of nitrogens with zero attached hydrogens (tertiary/aromatic N) is 6. The van der Waals surface area contributed by atoms with Gasteiger partial charge in [-0.15, -0.1) is 0 Å². The number of sulfonamides is 1.